The van der Waals surface area contributed by atoms with E-state index in [1.807, 2.05) is 29.1 Å². The highest BCUT2D eigenvalue weighted by molar-refractivity contribution is 5.79. The summed E-state index contributed by atoms with van der Waals surface area (Å²) in [5, 5.41) is 8.35. The largest absolute Gasteiger partial charge is 0.443 e. The highest BCUT2D eigenvalue weighted by Gasteiger charge is 2.03. The molecule has 0 spiro atoms. The van der Waals surface area contributed by atoms with Gasteiger partial charge in [0, 0.05) is 0 Å². The molecule has 0 atom stereocenters. The molecule has 0 radical (unpaired) electrons. The summed E-state index contributed by atoms with van der Waals surface area (Å²) < 4.78 is 4.78. The number of nitrogens with one attached hydrogen (secondary N) is 2. The van der Waals surface area contributed by atoms with Crippen molar-refractivity contribution in [1.29, 1.82) is 0 Å². The van der Waals surface area contributed by atoms with E-state index in [9.17, 15) is 9.59 Å². The maximum absolute atomic E-state index is 11.0. The number of aliphatic hydroxyl groups excluding tert-OH is 1. The van der Waals surface area contributed by atoms with E-state index in [-0.39, 0.29) is 6.61 Å². The summed E-state index contributed by atoms with van der Waals surface area (Å²) in [6.45, 7) is -0.583. The van der Waals surface area contributed by atoms with Crippen LogP contribution in [0.15, 0.2) is 30.3 Å². The minimum atomic E-state index is -0.786. The van der Waals surface area contributed by atoms with Crippen LogP contribution in [-0.2, 0) is 16.1 Å². The molecular weight excluding hydrogens is 212 g/mol. The van der Waals surface area contributed by atoms with Gasteiger partial charge in [-0.25, -0.2) is 10.2 Å². The molecule has 0 saturated heterocycles. The lowest BCUT2D eigenvalue weighted by atomic mass is 10.2. The minimum Gasteiger partial charge on any atom is -0.443 e. The van der Waals surface area contributed by atoms with Crippen molar-refractivity contribution in [3.05, 3.63) is 35.9 Å². The van der Waals surface area contributed by atoms with Crippen LogP contribution in [0.3, 0.4) is 0 Å². The van der Waals surface area contributed by atoms with Gasteiger partial charge in [0.05, 0.1) is 0 Å². The van der Waals surface area contributed by atoms with Crippen molar-refractivity contribution in [2.75, 3.05) is 6.61 Å². The van der Waals surface area contributed by atoms with Crippen LogP contribution < -0.4 is 10.9 Å². The number of hydrazine groups is 1. The summed E-state index contributed by atoms with van der Waals surface area (Å²) >= 11 is 0. The van der Waals surface area contributed by atoms with Gasteiger partial charge in [-0.1, -0.05) is 30.3 Å². The van der Waals surface area contributed by atoms with Crippen LogP contribution in [0.2, 0.25) is 0 Å². The van der Waals surface area contributed by atoms with Gasteiger partial charge in [0.25, 0.3) is 5.91 Å². The standard InChI is InChI=1S/C10H12N2O4/c13-6-9(14)11-12-10(15)16-7-8-4-2-1-3-5-8/h1-5,13H,6-7H2,(H,11,14)(H,12,15). The van der Waals surface area contributed by atoms with Crippen molar-refractivity contribution >= 4 is 12.0 Å². The fraction of sp³-hybridized carbons (Fsp3) is 0.200. The van der Waals surface area contributed by atoms with Crippen molar-refractivity contribution in [1.82, 2.24) is 10.9 Å². The number of benzene rings is 1. The Labute approximate surface area is 92.2 Å². The van der Waals surface area contributed by atoms with E-state index in [1.54, 1.807) is 12.1 Å². The lowest BCUT2D eigenvalue weighted by molar-refractivity contribution is -0.124. The Morgan fingerprint density at radius 1 is 1.19 bits per heavy atom. The van der Waals surface area contributed by atoms with Crippen LogP contribution in [0.1, 0.15) is 5.56 Å². The number of ether oxygens (including phenoxy) is 1. The molecule has 0 bridgehead atoms. The minimum absolute atomic E-state index is 0.113. The molecular formula is C10H12N2O4. The number of carbonyl (C=O) groups excluding carboxylic acids is 2. The van der Waals surface area contributed by atoms with Crippen LogP contribution in [0.25, 0.3) is 0 Å². The Morgan fingerprint density at radius 2 is 1.88 bits per heavy atom. The third-order valence-electron chi connectivity index (χ3n) is 1.66. The van der Waals surface area contributed by atoms with Crippen LogP contribution in [0.4, 0.5) is 4.79 Å². The number of amides is 2. The summed E-state index contributed by atoms with van der Waals surface area (Å²) in [5.41, 5.74) is 4.78. The second-order valence-electron chi connectivity index (χ2n) is 2.89. The lowest BCUT2D eigenvalue weighted by Gasteiger charge is -2.07. The van der Waals surface area contributed by atoms with E-state index in [0.717, 1.165) is 5.56 Å². The normalized spacial score (nSPS) is 9.31. The first-order valence-electron chi connectivity index (χ1n) is 4.59. The molecule has 0 aliphatic rings. The van der Waals surface area contributed by atoms with Crippen LogP contribution in [0, 0.1) is 0 Å². The van der Waals surface area contributed by atoms with Crippen molar-refractivity contribution < 1.29 is 19.4 Å². The second kappa shape index (κ2) is 6.41. The summed E-state index contributed by atoms with van der Waals surface area (Å²) in [6.07, 6.45) is -0.786. The Bertz CT molecular complexity index is 353. The first kappa shape index (κ1) is 12.0. The summed E-state index contributed by atoms with van der Waals surface area (Å²) in [7, 11) is 0. The maximum Gasteiger partial charge on any atom is 0.426 e. The van der Waals surface area contributed by atoms with E-state index in [0.29, 0.717) is 0 Å². The van der Waals surface area contributed by atoms with Crippen molar-refractivity contribution in [2.24, 2.45) is 0 Å². The molecule has 1 aromatic carbocycles. The summed E-state index contributed by atoms with van der Waals surface area (Å²) in [4.78, 5) is 21.6. The molecule has 16 heavy (non-hydrogen) atoms. The smallest absolute Gasteiger partial charge is 0.426 e. The van der Waals surface area contributed by atoms with Gasteiger partial charge >= 0.3 is 6.09 Å². The van der Waals surface area contributed by atoms with Gasteiger partial charge in [-0.2, -0.15) is 0 Å². The fourth-order valence-electron chi connectivity index (χ4n) is 0.919. The molecule has 86 valence electrons. The van der Waals surface area contributed by atoms with Gasteiger partial charge in [0.1, 0.15) is 13.2 Å². The van der Waals surface area contributed by atoms with Crippen molar-refractivity contribution in [2.45, 2.75) is 6.61 Å². The molecule has 0 aliphatic carbocycles. The highest BCUT2D eigenvalue weighted by Crippen LogP contribution is 1.99. The van der Waals surface area contributed by atoms with Gasteiger partial charge in [0.2, 0.25) is 0 Å². The van der Waals surface area contributed by atoms with Gasteiger partial charge < -0.3 is 9.84 Å². The number of hydrogen-bond donors (Lipinski definition) is 3. The molecule has 0 fully saturated rings. The first-order chi connectivity index (χ1) is 7.72. The molecule has 1 rings (SSSR count). The second-order valence-corrected chi connectivity index (χ2v) is 2.89. The van der Waals surface area contributed by atoms with Crippen LogP contribution in [-0.4, -0.2) is 23.7 Å². The topological polar surface area (TPSA) is 87.7 Å². The Hall–Kier alpha value is -2.08. The number of aliphatic hydroxyl groups is 1. The molecule has 2 amide bonds. The van der Waals surface area contributed by atoms with E-state index in [4.69, 9.17) is 9.84 Å². The number of carbonyl (C=O) groups is 2. The van der Waals surface area contributed by atoms with Gasteiger partial charge in [-0.15, -0.1) is 0 Å². The predicted molar refractivity (Wildman–Crippen MR) is 55.0 cm³/mol. The summed E-state index contributed by atoms with van der Waals surface area (Å²) in [6, 6.07) is 9.11. The molecule has 6 nitrogen and oxygen atoms in total. The van der Waals surface area contributed by atoms with Gasteiger partial charge in [-0.3, -0.25) is 10.2 Å². The molecule has 1 aromatic rings. The van der Waals surface area contributed by atoms with Gasteiger partial charge in [-0.05, 0) is 5.56 Å². The van der Waals surface area contributed by atoms with Crippen LogP contribution >= 0.6 is 0 Å². The quantitative estimate of drug-likeness (QED) is 0.627. The SMILES string of the molecule is O=C(CO)NNC(=O)OCc1ccccc1. The van der Waals surface area contributed by atoms with Crippen molar-refractivity contribution in [3.8, 4) is 0 Å². The summed E-state index contributed by atoms with van der Waals surface area (Å²) in [5.74, 6) is -0.711. The van der Waals surface area contributed by atoms with Crippen LogP contribution in [0.5, 0.6) is 0 Å². The maximum atomic E-state index is 11.0. The zero-order chi connectivity index (χ0) is 11.8. The fourth-order valence-corrected chi connectivity index (χ4v) is 0.919. The molecule has 3 N–H and O–H groups in total. The zero-order valence-electron chi connectivity index (χ0n) is 8.47. The number of hydrogen-bond acceptors (Lipinski definition) is 4. The predicted octanol–water partition coefficient (Wildman–Crippen LogP) is -0.0637. The third-order valence-corrected chi connectivity index (χ3v) is 1.66. The molecule has 0 heterocycles. The Morgan fingerprint density at radius 3 is 2.50 bits per heavy atom. The van der Waals surface area contributed by atoms with Gasteiger partial charge in [0.15, 0.2) is 0 Å². The third kappa shape index (κ3) is 4.43. The molecule has 6 heteroatoms. The average molecular weight is 224 g/mol. The molecule has 0 aliphatic heterocycles. The first-order valence-corrected chi connectivity index (χ1v) is 4.59. The lowest BCUT2D eigenvalue weighted by Crippen LogP contribution is -2.43. The average Bonchev–Trinajstić information content (AvgIpc) is 2.34. The monoisotopic (exact) mass is 224 g/mol. The zero-order valence-corrected chi connectivity index (χ0v) is 8.47. The van der Waals surface area contributed by atoms with E-state index in [2.05, 4.69) is 0 Å². The Kier molecular flexibility index (Phi) is 4.81. The molecule has 0 saturated carbocycles. The molecule has 0 aromatic heterocycles. The molecule has 0 unspecified atom stereocenters. The van der Waals surface area contributed by atoms with E-state index < -0.39 is 18.6 Å². The highest BCUT2D eigenvalue weighted by atomic mass is 16.6. The number of rotatable bonds is 3. The van der Waals surface area contributed by atoms with E-state index >= 15 is 0 Å². The Balaban J connectivity index is 2.23. The van der Waals surface area contributed by atoms with E-state index in [1.165, 1.54) is 0 Å². The van der Waals surface area contributed by atoms with Crippen molar-refractivity contribution in [3.63, 3.8) is 0 Å².